The molecule has 0 atom stereocenters. The number of hydrogen-bond acceptors (Lipinski definition) is 0. The first-order valence-electron chi connectivity index (χ1n) is 15.7. The molecule has 0 N–H and O–H groups in total. The van der Waals surface area contributed by atoms with Crippen molar-refractivity contribution in [3.05, 3.63) is 122 Å². The molecule has 4 aromatic rings. The van der Waals surface area contributed by atoms with E-state index in [1.165, 1.54) is 94.2 Å². The number of fused-ring (bicyclic) bond motifs is 3. The summed E-state index contributed by atoms with van der Waals surface area (Å²) in [7, 11) is 0. The summed E-state index contributed by atoms with van der Waals surface area (Å²) in [6.45, 7) is 31.4. The Morgan fingerprint density at radius 3 is 1.67 bits per heavy atom. The van der Waals surface area contributed by atoms with Crippen molar-refractivity contribution < 1.29 is 49.0 Å². The van der Waals surface area contributed by atoms with Crippen LogP contribution in [0.3, 0.4) is 0 Å². The van der Waals surface area contributed by atoms with Crippen molar-refractivity contribution in [3.8, 4) is 11.1 Å². The van der Waals surface area contributed by atoms with Gasteiger partial charge in [0.2, 0.25) is 0 Å². The summed E-state index contributed by atoms with van der Waals surface area (Å²) in [6, 6.07) is 26.2. The second-order valence-corrected chi connectivity index (χ2v) is 17.5. The van der Waals surface area contributed by atoms with Crippen molar-refractivity contribution in [2.24, 2.45) is 0 Å². The molecule has 4 aromatic carbocycles. The molecule has 0 fully saturated rings. The van der Waals surface area contributed by atoms with E-state index in [2.05, 4.69) is 164 Å². The Labute approximate surface area is 303 Å². The average molecular weight is 721 g/mol. The van der Waals surface area contributed by atoms with Crippen molar-refractivity contribution in [1.29, 1.82) is 0 Å². The molecule has 0 aliphatic heterocycles. The van der Waals surface area contributed by atoms with Gasteiger partial charge in [-0.15, -0.1) is 16.7 Å². The van der Waals surface area contributed by atoms with Gasteiger partial charge in [-0.25, -0.2) is 6.07 Å². The summed E-state index contributed by atoms with van der Waals surface area (Å²) < 4.78 is 1.46. The van der Waals surface area contributed by atoms with Crippen LogP contribution in [0.1, 0.15) is 125 Å². The van der Waals surface area contributed by atoms with E-state index in [1.807, 2.05) is 0 Å². The van der Waals surface area contributed by atoms with Gasteiger partial charge >= 0.3 is 76.7 Å². The third-order valence-corrected chi connectivity index (χ3v) is 9.05. The number of aryl methyl sites for hydroxylation is 4. The maximum absolute atomic E-state index is 3.69. The summed E-state index contributed by atoms with van der Waals surface area (Å²) >= 11 is 1.51. The second kappa shape index (κ2) is 16.0. The minimum Gasteiger partial charge on any atom is -1.00 e. The zero-order chi connectivity index (χ0) is 32.5. The average Bonchev–Trinajstić information content (AvgIpc) is 3.45. The minimum atomic E-state index is 0. The number of rotatable bonds is 1. The predicted octanol–water partition coefficient (Wildman–Crippen LogP) is 5.37. The smallest absolute Gasteiger partial charge is 0.0129 e. The maximum Gasteiger partial charge on any atom is -0.0129 e. The predicted molar refractivity (Wildman–Crippen MR) is 187 cm³/mol. The number of benzene rings is 3. The molecule has 0 saturated heterocycles. The Morgan fingerprint density at radius 2 is 1.24 bits per heavy atom. The van der Waals surface area contributed by atoms with Gasteiger partial charge < -0.3 is 24.8 Å². The zero-order valence-corrected chi connectivity index (χ0v) is 34.2. The van der Waals surface area contributed by atoms with Gasteiger partial charge in [0, 0.05) is 0 Å². The molecule has 0 amide bonds. The number of hydrogen-bond donors (Lipinski definition) is 0. The molecule has 5 rings (SSSR count). The van der Waals surface area contributed by atoms with Gasteiger partial charge in [0.15, 0.2) is 0 Å². The normalized spacial score (nSPS) is 11.9. The van der Waals surface area contributed by atoms with E-state index in [1.54, 1.807) is 0 Å². The van der Waals surface area contributed by atoms with E-state index in [4.69, 9.17) is 0 Å². The molecule has 0 radical (unpaired) electrons. The Hall–Kier alpha value is -1.66. The van der Waals surface area contributed by atoms with Gasteiger partial charge in [-0.1, -0.05) is 105 Å². The van der Waals surface area contributed by atoms with Crippen molar-refractivity contribution in [3.63, 3.8) is 0 Å². The van der Waals surface area contributed by atoms with Crippen molar-refractivity contribution in [1.82, 2.24) is 0 Å². The summed E-state index contributed by atoms with van der Waals surface area (Å²) in [6.07, 6.45) is 1.03. The maximum atomic E-state index is 3.69. The van der Waals surface area contributed by atoms with Gasteiger partial charge in [0.1, 0.15) is 0 Å². The second-order valence-electron chi connectivity index (χ2n) is 15.6. The van der Waals surface area contributed by atoms with E-state index in [9.17, 15) is 0 Å². The van der Waals surface area contributed by atoms with Crippen LogP contribution in [0.25, 0.3) is 11.1 Å². The first-order valence-corrected chi connectivity index (χ1v) is 17.0. The van der Waals surface area contributed by atoms with Crippen LogP contribution in [0, 0.1) is 33.8 Å². The Bertz CT molecular complexity index is 1510. The molecule has 0 spiro atoms. The molecule has 0 aromatic heterocycles. The van der Waals surface area contributed by atoms with Crippen LogP contribution in [-0.4, -0.2) is 3.21 Å². The van der Waals surface area contributed by atoms with Gasteiger partial charge in [-0.3, -0.25) is 0 Å². The molecule has 3 heteroatoms. The Kier molecular flexibility index (Phi) is 14.7. The summed E-state index contributed by atoms with van der Waals surface area (Å²) in [5.74, 6) is 0. The number of halogens is 2. The zero-order valence-electron chi connectivity index (χ0n) is 30.2. The monoisotopic (exact) mass is 718 g/mol. The van der Waals surface area contributed by atoms with E-state index >= 15 is 0 Å². The SMILES string of the molecule is C[C](=[Zr+2])c1ccc(C)cc1.Cc1[c-]c2c(cc1C(C)(C)C)-c1cc(C(C)(C)C)c(C)cc1C2.Cc1cc(C(C)(C)C)c[cH-]1.[Cl-].[Cl-]. The van der Waals surface area contributed by atoms with Gasteiger partial charge in [0.25, 0.3) is 0 Å². The van der Waals surface area contributed by atoms with Crippen LogP contribution in [0.5, 0.6) is 0 Å². The van der Waals surface area contributed by atoms with E-state index < -0.39 is 0 Å². The van der Waals surface area contributed by atoms with Crippen LogP contribution in [0.2, 0.25) is 0 Å². The summed E-state index contributed by atoms with van der Waals surface area (Å²) in [4.78, 5) is 0. The molecule has 0 unspecified atom stereocenters. The first-order chi connectivity index (χ1) is 19.7. The van der Waals surface area contributed by atoms with Crippen LogP contribution in [0.4, 0.5) is 0 Å². The molecular weight excluding hydrogens is 667 g/mol. The van der Waals surface area contributed by atoms with Gasteiger partial charge in [0.05, 0.1) is 0 Å². The first kappa shape index (κ1) is 41.4. The fourth-order valence-electron chi connectivity index (χ4n) is 5.86. The van der Waals surface area contributed by atoms with Gasteiger partial charge in [-0.2, -0.15) is 41.0 Å². The molecule has 0 nitrogen and oxygen atoms in total. The molecule has 242 valence electrons. The molecule has 0 saturated carbocycles. The largest absolute Gasteiger partial charge is 1.00 e. The summed E-state index contributed by atoms with van der Waals surface area (Å²) in [5.41, 5.74) is 17.4. The molecular formula is C42H54Cl2Zr-2. The van der Waals surface area contributed by atoms with Crippen LogP contribution in [-0.2, 0) is 46.9 Å². The van der Waals surface area contributed by atoms with Gasteiger partial charge in [-0.05, 0) is 35.4 Å². The molecule has 0 heterocycles. The third-order valence-electron chi connectivity index (χ3n) is 8.34. The molecule has 45 heavy (non-hydrogen) atoms. The van der Waals surface area contributed by atoms with Crippen molar-refractivity contribution in [2.75, 3.05) is 0 Å². The molecule has 0 bridgehead atoms. The Morgan fingerprint density at radius 1 is 0.711 bits per heavy atom. The fourth-order valence-corrected chi connectivity index (χ4v) is 6.27. The Balaban J connectivity index is 0.000000384. The van der Waals surface area contributed by atoms with Crippen LogP contribution in [0.15, 0.2) is 60.7 Å². The van der Waals surface area contributed by atoms with E-state index in [0.29, 0.717) is 5.41 Å². The fraction of sp³-hybridized carbons (Fsp3) is 0.429. The van der Waals surface area contributed by atoms with E-state index in [0.717, 1.165) is 6.42 Å². The molecule has 1 aliphatic carbocycles. The van der Waals surface area contributed by atoms with Crippen molar-refractivity contribution in [2.45, 2.75) is 120 Å². The summed E-state index contributed by atoms with van der Waals surface area (Å²) in [5, 5.41) is 0. The minimum absolute atomic E-state index is 0. The standard InChI is InChI=1S/C23H29.C10H15.C9H10.2ClH.Zr/c1-14-9-16-11-17-10-15(2)21(23(6,7)8)13-19(17)18(16)12-20(14)22(3,4)5;1-8-5-6-9(7-8)10(2,3)4;1-3-9-6-4-8(2)5-7-9;;;/h9,12-13H,11H2,1-8H3;5-7H,1-4H3;4-7H,1-2H3;2*1H;/q2*-1;;;;+2/p-2. The van der Waals surface area contributed by atoms with Crippen molar-refractivity contribution >= 4 is 3.21 Å². The quantitative estimate of drug-likeness (QED) is 0.205. The molecule has 1 aliphatic rings. The van der Waals surface area contributed by atoms with Crippen LogP contribution < -0.4 is 24.8 Å². The van der Waals surface area contributed by atoms with E-state index in [-0.39, 0.29) is 35.6 Å². The van der Waals surface area contributed by atoms with Crippen LogP contribution >= 0.6 is 0 Å². The third kappa shape index (κ3) is 10.9. The topological polar surface area (TPSA) is 0 Å².